The van der Waals surface area contributed by atoms with Crippen LogP contribution in [-0.2, 0) is 4.79 Å². The van der Waals surface area contributed by atoms with Gasteiger partial charge >= 0.3 is 0 Å². The number of nitrogens with zero attached hydrogens (tertiary/aromatic N) is 3. The van der Waals surface area contributed by atoms with Gasteiger partial charge in [-0.2, -0.15) is 0 Å². The van der Waals surface area contributed by atoms with Gasteiger partial charge in [0.05, 0.1) is 0 Å². The lowest BCUT2D eigenvalue weighted by atomic mass is 9.91. The number of hydrogen-bond donors (Lipinski definition) is 1. The van der Waals surface area contributed by atoms with E-state index in [1.165, 1.54) is 11.1 Å². The number of azide groups is 1. The van der Waals surface area contributed by atoms with Crippen LogP contribution in [0.25, 0.3) is 10.4 Å². The monoisotopic (exact) mass is 378 g/mol. The van der Waals surface area contributed by atoms with Crippen molar-refractivity contribution in [2.45, 2.75) is 50.9 Å². The molecule has 2 aromatic rings. The Kier molecular flexibility index (Phi) is 10.3. The third-order valence-electron chi connectivity index (χ3n) is 4.88. The molecule has 0 bridgehead atoms. The molecule has 0 unspecified atom stereocenters. The molecule has 0 aliphatic heterocycles. The SMILES string of the molecule is [N-]=[N+]=NCCCCCCCCC(=O)NCC(c1ccccc1)c1ccccc1. The maximum Gasteiger partial charge on any atom is 0.220 e. The van der Waals surface area contributed by atoms with Gasteiger partial charge in [-0.25, -0.2) is 0 Å². The fourth-order valence-electron chi connectivity index (χ4n) is 3.32. The lowest BCUT2D eigenvalue weighted by Crippen LogP contribution is -2.28. The summed E-state index contributed by atoms with van der Waals surface area (Å²) in [5.74, 6) is 0.294. The smallest absolute Gasteiger partial charge is 0.220 e. The van der Waals surface area contributed by atoms with Crippen LogP contribution in [-0.4, -0.2) is 19.0 Å². The van der Waals surface area contributed by atoms with Crippen LogP contribution in [0, 0.1) is 0 Å². The second-order valence-electron chi connectivity index (χ2n) is 7.00. The first kappa shape index (κ1) is 21.5. The fraction of sp³-hybridized carbons (Fsp3) is 0.435. The minimum atomic E-state index is 0.125. The van der Waals surface area contributed by atoms with Crippen molar-refractivity contribution in [3.63, 3.8) is 0 Å². The maximum absolute atomic E-state index is 12.3. The Labute approximate surface area is 167 Å². The highest BCUT2D eigenvalue weighted by Gasteiger charge is 2.14. The van der Waals surface area contributed by atoms with E-state index in [0.717, 1.165) is 38.5 Å². The molecule has 0 atom stereocenters. The van der Waals surface area contributed by atoms with E-state index in [1.807, 2.05) is 36.4 Å². The second-order valence-corrected chi connectivity index (χ2v) is 7.00. The maximum atomic E-state index is 12.3. The van der Waals surface area contributed by atoms with Gasteiger partial charge in [-0.1, -0.05) is 91.5 Å². The molecule has 148 valence electrons. The van der Waals surface area contributed by atoms with Gasteiger partial charge in [-0.05, 0) is 29.5 Å². The van der Waals surface area contributed by atoms with E-state index in [9.17, 15) is 4.79 Å². The standard InChI is InChI=1S/C23H30N4O/c24-27-26-18-12-4-2-1-3-11-17-23(28)25-19-22(20-13-7-5-8-14-20)21-15-9-6-10-16-21/h5-10,13-16,22H,1-4,11-12,17-19H2,(H,25,28). The van der Waals surface area contributed by atoms with Crippen LogP contribution < -0.4 is 5.32 Å². The number of rotatable bonds is 13. The quantitative estimate of drug-likeness (QED) is 0.198. The molecule has 0 aliphatic carbocycles. The zero-order valence-electron chi connectivity index (χ0n) is 16.5. The lowest BCUT2D eigenvalue weighted by Gasteiger charge is -2.19. The Morgan fingerprint density at radius 3 is 1.96 bits per heavy atom. The van der Waals surface area contributed by atoms with Crippen molar-refractivity contribution in [2.24, 2.45) is 5.11 Å². The summed E-state index contributed by atoms with van der Waals surface area (Å²) >= 11 is 0. The number of unbranched alkanes of at least 4 members (excludes halogenated alkanes) is 5. The molecular weight excluding hydrogens is 348 g/mol. The van der Waals surface area contributed by atoms with Crippen molar-refractivity contribution in [2.75, 3.05) is 13.1 Å². The molecule has 1 N–H and O–H groups in total. The number of carbonyl (C=O) groups excluding carboxylic acids is 1. The normalized spacial score (nSPS) is 10.5. The van der Waals surface area contributed by atoms with Gasteiger partial charge in [-0.3, -0.25) is 4.79 Å². The minimum absolute atomic E-state index is 0.125. The van der Waals surface area contributed by atoms with Crippen molar-refractivity contribution in [3.05, 3.63) is 82.2 Å². The number of carbonyl (C=O) groups is 1. The van der Waals surface area contributed by atoms with Crippen LogP contribution in [0.5, 0.6) is 0 Å². The Bertz CT molecular complexity index is 687. The average molecular weight is 379 g/mol. The van der Waals surface area contributed by atoms with Crippen LogP contribution in [0.4, 0.5) is 0 Å². The summed E-state index contributed by atoms with van der Waals surface area (Å²) in [5.41, 5.74) is 10.7. The van der Waals surface area contributed by atoms with Crippen LogP contribution in [0.1, 0.15) is 62.0 Å². The van der Waals surface area contributed by atoms with Crippen molar-refractivity contribution in [1.29, 1.82) is 0 Å². The highest BCUT2D eigenvalue weighted by molar-refractivity contribution is 5.75. The molecule has 5 nitrogen and oxygen atoms in total. The topological polar surface area (TPSA) is 77.9 Å². The first-order chi connectivity index (χ1) is 13.8. The highest BCUT2D eigenvalue weighted by Crippen LogP contribution is 2.23. The molecule has 0 spiro atoms. The molecule has 0 saturated carbocycles. The second kappa shape index (κ2) is 13.4. The third-order valence-corrected chi connectivity index (χ3v) is 4.88. The summed E-state index contributed by atoms with van der Waals surface area (Å²) in [4.78, 5) is 15.0. The first-order valence-electron chi connectivity index (χ1n) is 10.2. The third kappa shape index (κ3) is 8.28. The van der Waals surface area contributed by atoms with Gasteiger partial charge < -0.3 is 5.32 Å². The van der Waals surface area contributed by atoms with E-state index in [0.29, 0.717) is 19.5 Å². The van der Waals surface area contributed by atoms with Gasteiger partial charge in [0.1, 0.15) is 0 Å². The molecule has 28 heavy (non-hydrogen) atoms. The Hall–Kier alpha value is -2.78. The van der Waals surface area contributed by atoms with E-state index in [-0.39, 0.29) is 11.8 Å². The van der Waals surface area contributed by atoms with Gasteiger partial charge in [0.25, 0.3) is 0 Å². The van der Waals surface area contributed by atoms with Crippen LogP contribution in [0.2, 0.25) is 0 Å². The molecule has 2 rings (SSSR count). The summed E-state index contributed by atoms with van der Waals surface area (Å²) in [5, 5.41) is 6.65. The fourth-order valence-corrected chi connectivity index (χ4v) is 3.32. The number of benzene rings is 2. The van der Waals surface area contributed by atoms with E-state index in [4.69, 9.17) is 5.53 Å². The molecule has 2 aromatic carbocycles. The summed E-state index contributed by atoms with van der Waals surface area (Å²) in [7, 11) is 0. The van der Waals surface area contributed by atoms with Gasteiger partial charge in [0.2, 0.25) is 5.91 Å². The highest BCUT2D eigenvalue weighted by atomic mass is 16.1. The summed E-state index contributed by atoms with van der Waals surface area (Å²) in [6.45, 7) is 1.20. The number of nitrogens with one attached hydrogen (secondary N) is 1. The molecular formula is C23H30N4O. The predicted octanol–water partition coefficient (Wildman–Crippen LogP) is 5.98. The van der Waals surface area contributed by atoms with Crippen LogP contribution in [0.3, 0.4) is 0 Å². The zero-order valence-corrected chi connectivity index (χ0v) is 16.5. The van der Waals surface area contributed by atoms with E-state index in [1.54, 1.807) is 0 Å². The molecule has 0 radical (unpaired) electrons. The van der Waals surface area contributed by atoms with E-state index >= 15 is 0 Å². The molecule has 0 fully saturated rings. The van der Waals surface area contributed by atoms with Crippen LogP contribution in [0.15, 0.2) is 65.8 Å². The lowest BCUT2D eigenvalue weighted by molar-refractivity contribution is -0.121. The van der Waals surface area contributed by atoms with Crippen molar-refractivity contribution in [3.8, 4) is 0 Å². The average Bonchev–Trinajstić information content (AvgIpc) is 2.74. The molecule has 0 saturated heterocycles. The summed E-state index contributed by atoms with van der Waals surface area (Å²) in [6, 6.07) is 20.7. The summed E-state index contributed by atoms with van der Waals surface area (Å²) < 4.78 is 0. The summed E-state index contributed by atoms with van der Waals surface area (Å²) in [6.07, 6.45) is 6.85. The van der Waals surface area contributed by atoms with Crippen molar-refractivity contribution < 1.29 is 4.79 Å². The van der Waals surface area contributed by atoms with Gasteiger partial charge in [0.15, 0.2) is 0 Å². The number of amides is 1. The molecule has 0 heterocycles. The molecule has 0 aliphatic rings. The Morgan fingerprint density at radius 1 is 0.857 bits per heavy atom. The number of hydrogen-bond acceptors (Lipinski definition) is 2. The Balaban J connectivity index is 1.70. The predicted molar refractivity (Wildman–Crippen MR) is 114 cm³/mol. The van der Waals surface area contributed by atoms with Crippen LogP contribution >= 0.6 is 0 Å². The van der Waals surface area contributed by atoms with Crippen molar-refractivity contribution in [1.82, 2.24) is 5.32 Å². The Morgan fingerprint density at radius 2 is 1.39 bits per heavy atom. The van der Waals surface area contributed by atoms with E-state index < -0.39 is 0 Å². The zero-order chi connectivity index (χ0) is 19.9. The van der Waals surface area contributed by atoms with E-state index in [2.05, 4.69) is 39.6 Å². The van der Waals surface area contributed by atoms with Gasteiger partial charge in [0, 0.05) is 30.3 Å². The molecule has 0 aromatic heterocycles. The largest absolute Gasteiger partial charge is 0.355 e. The minimum Gasteiger partial charge on any atom is -0.355 e. The van der Waals surface area contributed by atoms with Gasteiger partial charge in [-0.15, -0.1) is 0 Å². The molecule has 1 amide bonds. The molecule has 5 heteroatoms. The van der Waals surface area contributed by atoms with Crippen molar-refractivity contribution >= 4 is 5.91 Å². The first-order valence-corrected chi connectivity index (χ1v) is 10.2.